The van der Waals surface area contributed by atoms with Gasteiger partial charge < -0.3 is 5.32 Å². The molecule has 0 spiro atoms. The Kier molecular flexibility index (Phi) is 3.53. The molecule has 0 aromatic carbocycles. The molecule has 3 aliphatic carbocycles. The first-order chi connectivity index (χ1) is 9.00. The van der Waals surface area contributed by atoms with Gasteiger partial charge in [-0.3, -0.25) is 0 Å². The van der Waals surface area contributed by atoms with Gasteiger partial charge in [0.15, 0.2) is 0 Å². The Balaban J connectivity index is 1.67. The summed E-state index contributed by atoms with van der Waals surface area (Å²) in [5.74, 6) is 0.927. The quantitative estimate of drug-likeness (QED) is 0.724. The lowest BCUT2D eigenvalue weighted by Gasteiger charge is -2.55. The van der Waals surface area contributed by atoms with E-state index >= 15 is 0 Å². The maximum Gasteiger partial charge on any atom is 0.00685 e. The van der Waals surface area contributed by atoms with E-state index < -0.39 is 0 Å². The predicted octanol–water partition coefficient (Wildman–Crippen LogP) is 4.68. The van der Waals surface area contributed by atoms with Crippen LogP contribution in [0, 0.1) is 16.7 Å². The molecule has 2 fully saturated rings. The van der Waals surface area contributed by atoms with Gasteiger partial charge in [-0.2, -0.15) is 0 Å². The van der Waals surface area contributed by atoms with Gasteiger partial charge in [-0.25, -0.2) is 0 Å². The van der Waals surface area contributed by atoms with Crippen LogP contribution >= 0.6 is 0 Å². The molecular formula is C18H31N. The van der Waals surface area contributed by atoms with E-state index in [0.29, 0.717) is 10.8 Å². The van der Waals surface area contributed by atoms with E-state index in [4.69, 9.17) is 0 Å². The second-order valence-electron chi connectivity index (χ2n) is 8.38. The second kappa shape index (κ2) is 4.91. The Morgan fingerprint density at radius 3 is 2.47 bits per heavy atom. The highest BCUT2D eigenvalue weighted by atomic mass is 15.0. The zero-order valence-electron chi connectivity index (χ0n) is 13.1. The average Bonchev–Trinajstić information content (AvgIpc) is 3.11. The van der Waals surface area contributed by atoms with Crippen molar-refractivity contribution in [2.45, 2.75) is 78.2 Å². The van der Waals surface area contributed by atoms with Gasteiger partial charge in [-0.1, -0.05) is 32.4 Å². The van der Waals surface area contributed by atoms with E-state index in [1.807, 2.05) is 5.57 Å². The van der Waals surface area contributed by atoms with E-state index in [9.17, 15) is 0 Å². The van der Waals surface area contributed by atoms with Crippen molar-refractivity contribution in [3.05, 3.63) is 11.6 Å². The first-order valence-corrected chi connectivity index (χ1v) is 8.43. The van der Waals surface area contributed by atoms with Gasteiger partial charge in [-0.05, 0) is 62.7 Å². The maximum absolute atomic E-state index is 3.83. The topological polar surface area (TPSA) is 12.0 Å². The highest BCUT2D eigenvalue weighted by molar-refractivity contribution is 5.23. The van der Waals surface area contributed by atoms with E-state index in [1.54, 1.807) is 0 Å². The van der Waals surface area contributed by atoms with Crippen LogP contribution in [0.15, 0.2) is 11.6 Å². The van der Waals surface area contributed by atoms with Gasteiger partial charge in [-0.15, -0.1) is 0 Å². The molecule has 0 unspecified atom stereocenters. The summed E-state index contributed by atoms with van der Waals surface area (Å²) < 4.78 is 0. The van der Waals surface area contributed by atoms with Crippen molar-refractivity contribution in [2.75, 3.05) is 6.54 Å². The summed E-state index contributed by atoms with van der Waals surface area (Å²) in [6.07, 6.45) is 13.8. The lowest BCUT2D eigenvalue weighted by Crippen LogP contribution is -2.50. The van der Waals surface area contributed by atoms with Gasteiger partial charge in [0.1, 0.15) is 0 Å². The molecule has 1 N–H and O–H groups in total. The van der Waals surface area contributed by atoms with Crippen LogP contribution in [-0.4, -0.2) is 12.6 Å². The number of hydrogen-bond donors (Lipinski definition) is 1. The molecule has 0 aliphatic heterocycles. The highest BCUT2D eigenvalue weighted by Gasteiger charge is 2.50. The third-order valence-electron chi connectivity index (χ3n) is 5.78. The van der Waals surface area contributed by atoms with Crippen molar-refractivity contribution in [3.8, 4) is 0 Å². The average molecular weight is 261 g/mol. The van der Waals surface area contributed by atoms with Gasteiger partial charge in [0, 0.05) is 18.0 Å². The molecule has 0 saturated heterocycles. The van der Waals surface area contributed by atoms with Crippen LogP contribution in [0.2, 0.25) is 0 Å². The van der Waals surface area contributed by atoms with Crippen molar-refractivity contribution < 1.29 is 0 Å². The van der Waals surface area contributed by atoms with E-state index in [-0.39, 0.29) is 0 Å². The largest absolute Gasteiger partial charge is 0.313 e. The molecule has 108 valence electrons. The Morgan fingerprint density at radius 1 is 1.21 bits per heavy atom. The fourth-order valence-electron chi connectivity index (χ4n) is 3.96. The summed E-state index contributed by atoms with van der Waals surface area (Å²) in [7, 11) is 0. The Hall–Kier alpha value is -0.300. The molecule has 1 nitrogen and oxygen atoms in total. The summed E-state index contributed by atoms with van der Waals surface area (Å²) in [5, 5.41) is 3.83. The minimum Gasteiger partial charge on any atom is -0.313 e. The molecule has 0 aromatic rings. The van der Waals surface area contributed by atoms with Crippen LogP contribution in [0.25, 0.3) is 0 Å². The van der Waals surface area contributed by atoms with Crippen LogP contribution in [0.1, 0.15) is 72.1 Å². The number of rotatable bonds is 4. The van der Waals surface area contributed by atoms with Crippen LogP contribution in [0.4, 0.5) is 0 Å². The van der Waals surface area contributed by atoms with Crippen molar-refractivity contribution in [2.24, 2.45) is 16.7 Å². The zero-order valence-corrected chi connectivity index (χ0v) is 13.1. The van der Waals surface area contributed by atoms with Crippen LogP contribution in [0.3, 0.4) is 0 Å². The molecule has 3 aliphatic rings. The van der Waals surface area contributed by atoms with Crippen LogP contribution in [-0.2, 0) is 0 Å². The molecule has 3 rings (SSSR count). The van der Waals surface area contributed by atoms with Gasteiger partial charge >= 0.3 is 0 Å². The Morgan fingerprint density at radius 2 is 1.95 bits per heavy atom. The minimum absolute atomic E-state index is 0.498. The molecule has 19 heavy (non-hydrogen) atoms. The van der Waals surface area contributed by atoms with Gasteiger partial charge in [0.25, 0.3) is 0 Å². The summed E-state index contributed by atoms with van der Waals surface area (Å²) >= 11 is 0. The molecule has 1 heteroatoms. The molecule has 0 amide bonds. The fourth-order valence-corrected chi connectivity index (χ4v) is 3.96. The second-order valence-corrected chi connectivity index (χ2v) is 8.38. The molecular weight excluding hydrogens is 230 g/mol. The van der Waals surface area contributed by atoms with E-state index in [0.717, 1.165) is 12.0 Å². The fraction of sp³-hybridized carbons (Fsp3) is 0.889. The summed E-state index contributed by atoms with van der Waals surface area (Å²) in [4.78, 5) is 0. The van der Waals surface area contributed by atoms with Crippen LogP contribution in [0.5, 0.6) is 0 Å². The Labute approximate surface area is 119 Å². The van der Waals surface area contributed by atoms with Gasteiger partial charge in [0.05, 0.1) is 0 Å². The predicted molar refractivity (Wildman–Crippen MR) is 82.2 cm³/mol. The lowest BCUT2D eigenvalue weighted by atomic mass is 9.51. The third-order valence-corrected chi connectivity index (χ3v) is 5.78. The molecule has 0 heterocycles. The first-order valence-electron chi connectivity index (χ1n) is 8.43. The number of allylic oxidation sites excluding steroid dienone is 1. The molecule has 2 saturated carbocycles. The third kappa shape index (κ3) is 2.91. The maximum atomic E-state index is 3.83. The summed E-state index contributed by atoms with van der Waals surface area (Å²) in [6, 6.07) is 0.856. The van der Waals surface area contributed by atoms with Crippen molar-refractivity contribution in [3.63, 3.8) is 0 Å². The summed E-state index contributed by atoms with van der Waals surface area (Å²) in [6.45, 7) is 8.53. The van der Waals surface area contributed by atoms with E-state index in [2.05, 4.69) is 32.2 Å². The standard InChI is InChI=1S/C18H31N/c1-17(2,3)15-11-18(12-15,13-19-16-9-10-16)14-7-5-4-6-8-14/h7,15-16,19H,4-6,8-13H2,1-3H3. The van der Waals surface area contributed by atoms with Crippen molar-refractivity contribution in [1.29, 1.82) is 0 Å². The first kappa shape index (κ1) is 13.7. The minimum atomic E-state index is 0.498. The molecule has 0 atom stereocenters. The normalized spacial score (nSPS) is 35.7. The van der Waals surface area contributed by atoms with Crippen molar-refractivity contribution >= 4 is 0 Å². The van der Waals surface area contributed by atoms with E-state index in [1.165, 1.54) is 57.9 Å². The SMILES string of the molecule is CC(C)(C)C1CC(CNC2CC2)(C2=CCCCC2)C1. The lowest BCUT2D eigenvalue weighted by molar-refractivity contribution is 0.0109. The van der Waals surface area contributed by atoms with Crippen molar-refractivity contribution in [1.82, 2.24) is 5.32 Å². The number of hydrogen-bond acceptors (Lipinski definition) is 1. The monoisotopic (exact) mass is 261 g/mol. The summed E-state index contributed by atoms with van der Waals surface area (Å²) in [5.41, 5.74) is 2.85. The zero-order chi connectivity index (χ0) is 13.5. The molecule has 0 aromatic heterocycles. The molecule has 0 radical (unpaired) electrons. The smallest absolute Gasteiger partial charge is 0.00685 e. The Bertz CT molecular complexity index is 350. The highest BCUT2D eigenvalue weighted by Crippen LogP contribution is 2.58. The number of nitrogens with one attached hydrogen (secondary N) is 1. The molecule has 0 bridgehead atoms. The van der Waals surface area contributed by atoms with Crippen LogP contribution < -0.4 is 5.32 Å². The van der Waals surface area contributed by atoms with Gasteiger partial charge in [0.2, 0.25) is 0 Å².